The van der Waals surface area contributed by atoms with Gasteiger partial charge in [0.05, 0.1) is 17.9 Å². The van der Waals surface area contributed by atoms with E-state index in [0.29, 0.717) is 11.7 Å². The van der Waals surface area contributed by atoms with Gasteiger partial charge in [0.15, 0.2) is 0 Å². The van der Waals surface area contributed by atoms with Crippen LogP contribution in [0.2, 0.25) is 0 Å². The van der Waals surface area contributed by atoms with Gasteiger partial charge in [0.2, 0.25) is 11.7 Å². The van der Waals surface area contributed by atoms with Gasteiger partial charge in [-0.05, 0) is 19.4 Å². The molecule has 5 nitrogen and oxygen atoms in total. The van der Waals surface area contributed by atoms with Crippen LogP contribution in [0.5, 0.6) is 0 Å². The van der Waals surface area contributed by atoms with Crippen molar-refractivity contribution in [1.29, 1.82) is 0 Å². The highest BCUT2D eigenvalue weighted by Crippen LogP contribution is 2.23. The van der Waals surface area contributed by atoms with E-state index in [1.165, 1.54) is 0 Å². The van der Waals surface area contributed by atoms with E-state index in [0.717, 1.165) is 24.2 Å². The van der Waals surface area contributed by atoms with Gasteiger partial charge in [0.1, 0.15) is 5.76 Å². The normalized spacial score (nSPS) is 12.9. The van der Waals surface area contributed by atoms with Crippen molar-refractivity contribution >= 4 is 0 Å². The van der Waals surface area contributed by atoms with Crippen LogP contribution in [0.1, 0.15) is 37.5 Å². The van der Waals surface area contributed by atoms with Crippen molar-refractivity contribution < 1.29 is 8.94 Å². The second-order valence-corrected chi connectivity index (χ2v) is 3.74. The minimum absolute atomic E-state index is 0.182. The molecule has 2 heterocycles. The Bertz CT molecular complexity index is 461. The molecule has 5 heteroatoms. The Kier molecular flexibility index (Phi) is 3.05. The number of nitrogens with two attached hydrogens (primary N) is 1. The first kappa shape index (κ1) is 10.9. The molecule has 2 N–H and O–H groups in total. The molecule has 0 aliphatic carbocycles. The molecule has 2 rings (SSSR count). The Hall–Kier alpha value is -1.62. The second kappa shape index (κ2) is 4.49. The SMILES string of the molecule is CCCC(N)c1nc(-c2ccoc2C)no1. The zero-order valence-corrected chi connectivity index (χ0v) is 9.43. The van der Waals surface area contributed by atoms with Gasteiger partial charge in [0.25, 0.3) is 0 Å². The number of furan rings is 1. The lowest BCUT2D eigenvalue weighted by Crippen LogP contribution is -2.09. The van der Waals surface area contributed by atoms with Crippen LogP contribution < -0.4 is 5.73 Å². The van der Waals surface area contributed by atoms with E-state index in [4.69, 9.17) is 14.7 Å². The Morgan fingerprint density at radius 2 is 2.31 bits per heavy atom. The lowest BCUT2D eigenvalue weighted by Gasteiger charge is -2.01. The average molecular weight is 221 g/mol. The summed E-state index contributed by atoms with van der Waals surface area (Å²) in [5.74, 6) is 1.79. The number of rotatable bonds is 4. The minimum Gasteiger partial charge on any atom is -0.469 e. The summed E-state index contributed by atoms with van der Waals surface area (Å²) in [6.45, 7) is 3.93. The van der Waals surface area contributed by atoms with Gasteiger partial charge in [-0.1, -0.05) is 18.5 Å². The van der Waals surface area contributed by atoms with Crippen molar-refractivity contribution in [3.8, 4) is 11.4 Å². The Balaban J connectivity index is 2.23. The molecule has 0 radical (unpaired) electrons. The first-order chi connectivity index (χ1) is 7.72. The van der Waals surface area contributed by atoms with Crippen LogP contribution in [-0.2, 0) is 0 Å². The van der Waals surface area contributed by atoms with Gasteiger partial charge >= 0.3 is 0 Å². The molecule has 0 aliphatic rings. The van der Waals surface area contributed by atoms with E-state index in [-0.39, 0.29) is 6.04 Å². The molecule has 0 aliphatic heterocycles. The molecule has 0 aromatic carbocycles. The molecule has 2 aromatic rings. The topological polar surface area (TPSA) is 78.1 Å². The maximum absolute atomic E-state index is 5.89. The fraction of sp³-hybridized carbons (Fsp3) is 0.455. The highest BCUT2D eigenvalue weighted by Gasteiger charge is 2.16. The summed E-state index contributed by atoms with van der Waals surface area (Å²) >= 11 is 0. The van der Waals surface area contributed by atoms with E-state index in [1.807, 2.05) is 13.0 Å². The monoisotopic (exact) mass is 221 g/mol. The van der Waals surface area contributed by atoms with Crippen molar-refractivity contribution in [3.05, 3.63) is 24.0 Å². The van der Waals surface area contributed by atoms with Gasteiger partial charge in [0, 0.05) is 0 Å². The van der Waals surface area contributed by atoms with Crippen LogP contribution >= 0.6 is 0 Å². The minimum atomic E-state index is -0.182. The van der Waals surface area contributed by atoms with Crippen LogP contribution in [0.3, 0.4) is 0 Å². The molecule has 2 aromatic heterocycles. The lowest BCUT2D eigenvalue weighted by atomic mass is 10.2. The number of hydrogen-bond acceptors (Lipinski definition) is 5. The molecule has 0 bridgehead atoms. The first-order valence-electron chi connectivity index (χ1n) is 5.36. The third-order valence-electron chi connectivity index (χ3n) is 2.46. The van der Waals surface area contributed by atoms with E-state index >= 15 is 0 Å². The van der Waals surface area contributed by atoms with Crippen LogP contribution in [0.15, 0.2) is 21.3 Å². The largest absolute Gasteiger partial charge is 0.469 e. The summed E-state index contributed by atoms with van der Waals surface area (Å²) in [6.07, 6.45) is 3.43. The predicted octanol–water partition coefficient (Wildman–Crippen LogP) is 2.44. The molecular weight excluding hydrogens is 206 g/mol. The van der Waals surface area contributed by atoms with Crippen molar-refractivity contribution in [3.63, 3.8) is 0 Å². The maximum atomic E-state index is 5.89. The van der Waals surface area contributed by atoms with Crippen LogP contribution in [0.25, 0.3) is 11.4 Å². The highest BCUT2D eigenvalue weighted by molar-refractivity contribution is 5.56. The Labute approximate surface area is 93.6 Å². The van der Waals surface area contributed by atoms with Gasteiger partial charge in [-0.15, -0.1) is 0 Å². The number of nitrogens with zero attached hydrogens (tertiary/aromatic N) is 2. The smallest absolute Gasteiger partial charge is 0.243 e. The number of hydrogen-bond donors (Lipinski definition) is 1. The predicted molar refractivity (Wildman–Crippen MR) is 58.6 cm³/mol. The van der Waals surface area contributed by atoms with Crippen molar-refractivity contribution in [2.24, 2.45) is 5.73 Å². The third kappa shape index (κ3) is 1.99. The maximum Gasteiger partial charge on any atom is 0.243 e. The molecule has 1 atom stereocenters. The van der Waals surface area contributed by atoms with Gasteiger partial charge < -0.3 is 14.7 Å². The molecule has 16 heavy (non-hydrogen) atoms. The van der Waals surface area contributed by atoms with Crippen molar-refractivity contribution in [1.82, 2.24) is 10.1 Å². The van der Waals surface area contributed by atoms with Crippen LogP contribution in [0, 0.1) is 6.92 Å². The quantitative estimate of drug-likeness (QED) is 0.857. The summed E-state index contributed by atoms with van der Waals surface area (Å²) in [5, 5.41) is 3.90. The number of aromatic nitrogens is 2. The van der Waals surface area contributed by atoms with Crippen LogP contribution in [-0.4, -0.2) is 10.1 Å². The van der Waals surface area contributed by atoms with E-state index in [2.05, 4.69) is 17.1 Å². The van der Waals surface area contributed by atoms with Gasteiger partial charge in [-0.25, -0.2) is 0 Å². The summed E-state index contributed by atoms with van der Waals surface area (Å²) in [4.78, 5) is 4.27. The fourth-order valence-corrected chi connectivity index (χ4v) is 1.55. The third-order valence-corrected chi connectivity index (χ3v) is 2.46. The Morgan fingerprint density at radius 3 is 2.94 bits per heavy atom. The molecule has 0 amide bonds. The van der Waals surface area contributed by atoms with Crippen molar-refractivity contribution in [2.45, 2.75) is 32.7 Å². The summed E-state index contributed by atoms with van der Waals surface area (Å²) in [5.41, 5.74) is 6.74. The Morgan fingerprint density at radius 1 is 1.50 bits per heavy atom. The molecular formula is C11H15N3O2. The zero-order valence-electron chi connectivity index (χ0n) is 9.43. The summed E-state index contributed by atoms with van der Waals surface area (Å²) < 4.78 is 10.3. The fourth-order valence-electron chi connectivity index (χ4n) is 1.55. The summed E-state index contributed by atoms with van der Waals surface area (Å²) in [7, 11) is 0. The molecule has 1 unspecified atom stereocenters. The van der Waals surface area contributed by atoms with Gasteiger partial charge in [-0.2, -0.15) is 4.98 Å². The van der Waals surface area contributed by atoms with Crippen molar-refractivity contribution in [2.75, 3.05) is 0 Å². The number of aryl methyl sites for hydroxylation is 1. The summed E-state index contributed by atoms with van der Waals surface area (Å²) in [6, 6.07) is 1.63. The second-order valence-electron chi connectivity index (χ2n) is 3.74. The molecule has 0 saturated heterocycles. The van der Waals surface area contributed by atoms with E-state index in [9.17, 15) is 0 Å². The molecule has 0 spiro atoms. The molecule has 86 valence electrons. The highest BCUT2D eigenvalue weighted by atomic mass is 16.5. The van der Waals surface area contributed by atoms with Crippen LogP contribution in [0.4, 0.5) is 0 Å². The first-order valence-corrected chi connectivity index (χ1v) is 5.36. The zero-order chi connectivity index (χ0) is 11.5. The standard InChI is InChI=1S/C11H15N3O2/c1-3-4-9(12)11-13-10(14-16-11)8-5-6-15-7(8)2/h5-6,9H,3-4,12H2,1-2H3. The lowest BCUT2D eigenvalue weighted by molar-refractivity contribution is 0.348. The average Bonchev–Trinajstić information content (AvgIpc) is 2.86. The van der Waals surface area contributed by atoms with Gasteiger partial charge in [-0.3, -0.25) is 0 Å². The van der Waals surface area contributed by atoms with E-state index in [1.54, 1.807) is 6.26 Å². The molecule has 0 fully saturated rings. The van der Waals surface area contributed by atoms with E-state index < -0.39 is 0 Å². The molecule has 0 saturated carbocycles.